The number of aromatic amines is 1. The Labute approximate surface area is 75.4 Å². The second-order valence-corrected chi connectivity index (χ2v) is 3.54. The van der Waals surface area contributed by atoms with Crippen LogP contribution >= 0.6 is 11.8 Å². The number of para-hydroxylation sites is 1. The quantitative estimate of drug-likeness (QED) is 0.714. The fourth-order valence-electron chi connectivity index (χ4n) is 1.16. The molecule has 0 unspecified atom stereocenters. The number of hydrogen-bond acceptors (Lipinski definition) is 2. The maximum Gasteiger partial charge on any atom is 0.102 e. The Bertz CT molecular complexity index is 381. The molecule has 2 nitrogen and oxygen atoms in total. The van der Waals surface area contributed by atoms with Gasteiger partial charge >= 0.3 is 0 Å². The van der Waals surface area contributed by atoms with Gasteiger partial charge in [0.25, 0.3) is 0 Å². The number of H-pyrrole nitrogens is 1. The lowest BCUT2D eigenvalue weighted by Crippen LogP contribution is -1.76. The highest BCUT2D eigenvalue weighted by atomic mass is 32.2. The van der Waals surface area contributed by atoms with Gasteiger partial charge in [-0.2, -0.15) is 0 Å². The summed E-state index contributed by atoms with van der Waals surface area (Å²) in [5.74, 6) is 0.839. The minimum Gasteiger partial charge on any atom is -0.345 e. The zero-order valence-electron chi connectivity index (χ0n) is 6.58. The predicted molar refractivity (Wildman–Crippen MR) is 52.2 cm³/mol. The Morgan fingerprint density at radius 1 is 1.50 bits per heavy atom. The standard InChI is InChI=1S/C9H9N2S/c1-2-12-8-5-3-4-7-9(8)11-6-10-7/h3-6H,1-2H2,(H,10,11). The molecule has 0 saturated carbocycles. The van der Waals surface area contributed by atoms with E-state index in [0.29, 0.717) is 0 Å². The molecule has 0 saturated heterocycles. The van der Waals surface area contributed by atoms with E-state index in [4.69, 9.17) is 0 Å². The average molecular weight is 177 g/mol. The molecule has 0 aliphatic carbocycles. The highest BCUT2D eigenvalue weighted by molar-refractivity contribution is 7.99. The van der Waals surface area contributed by atoms with Gasteiger partial charge < -0.3 is 4.98 Å². The summed E-state index contributed by atoms with van der Waals surface area (Å²) in [6, 6.07) is 6.12. The van der Waals surface area contributed by atoms with Crippen LogP contribution in [-0.2, 0) is 0 Å². The third-order valence-electron chi connectivity index (χ3n) is 1.67. The molecule has 0 fully saturated rings. The summed E-state index contributed by atoms with van der Waals surface area (Å²) in [5, 5.41) is 0. The van der Waals surface area contributed by atoms with Gasteiger partial charge in [-0.15, -0.1) is 11.8 Å². The number of fused-ring (bicyclic) bond motifs is 1. The fourth-order valence-corrected chi connectivity index (χ4v) is 1.86. The van der Waals surface area contributed by atoms with Crippen molar-refractivity contribution in [2.45, 2.75) is 4.90 Å². The lowest BCUT2D eigenvalue weighted by atomic mass is 10.3. The largest absolute Gasteiger partial charge is 0.345 e. The van der Waals surface area contributed by atoms with Crippen LogP contribution < -0.4 is 0 Å². The van der Waals surface area contributed by atoms with Gasteiger partial charge in [0, 0.05) is 4.90 Å². The molecule has 2 rings (SSSR count). The van der Waals surface area contributed by atoms with Gasteiger partial charge in [0.1, 0.15) is 5.52 Å². The van der Waals surface area contributed by atoms with E-state index in [-0.39, 0.29) is 0 Å². The Morgan fingerprint density at radius 3 is 3.25 bits per heavy atom. The summed E-state index contributed by atoms with van der Waals surface area (Å²) < 4.78 is 0. The van der Waals surface area contributed by atoms with Crippen molar-refractivity contribution in [2.75, 3.05) is 5.75 Å². The number of rotatable bonds is 2. The Kier molecular flexibility index (Phi) is 2.04. The summed E-state index contributed by atoms with van der Waals surface area (Å²) in [6.07, 6.45) is 1.72. The second-order valence-electron chi connectivity index (χ2n) is 2.40. The van der Waals surface area contributed by atoms with E-state index in [9.17, 15) is 0 Å². The third-order valence-corrected chi connectivity index (χ3v) is 2.51. The molecule has 1 radical (unpaired) electrons. The van der Waals surface area contributed by atoms with Gasteiger partial charge in [-0.3, -0.25) is 0 Å². The van der Waals surface area contributed by atoms with Gasteiger partial charge in [0.05, 0.1) is 11.8 Å². The van der Waals surface area contributed by atoms with Crippen molar-refractivity contribution in [3.8, 4) is 0 Å². The highest BCUT2D eigenvalue weighted by Gasteiger charge is 2.01. The van der Waals surface area contributed by atoms with Gasteiger partial charge in [0.2, 0.25) is 0 Å². The molecule has 0 aliphatic heterocycles. The predicted octanol–water partition coefficient (Wildman–Crippen LogP) is 2.49. The normalized spacial score (nSPS) is 10.8. The van der Waals surface area contributed by atoms with Crippen molar-refractivity contribution < 1.29 is 0 Å². The monoisotopic (exact) mass is 177 g/mol. The first-order valence-electron chi connectivity index (χ1n) is 3.76. The zero-order chi connectivity index (χ0) is 8.39. The molecule has 1 N–H and O–H groups in total. The van der Waals surface area contributed by atoms with Crippen LogP contribution in [0.15, 0.2) is 29.4 Å². The fraction of sp³-hybridized carbons (Fsp3) is 0.111. The highest BCUT2D eigenvalue weighted by Crippen LogP contribution is 2.24. The zero-order valence-corrected chi connectivity index (χ0v) is 7.40. The lowest BCUT2D eigenvalue weighted by molar-refractivity contribution is 1.33. The Balaban J connectivity index is 2.57. The van der Waals surface area contributed by atoms with Crippen molar-refractivity contribution in [1.29, 1.82) is 0 Å². The summed E-state index contributed by atoms with van der Waals surface area (Å²) >= 11 is 1.72. The van der Waals surface area contributed by atoms with Crippen LogP contribution in [0.25, 0.3) is 11.0 Å². The van der Waals surface area contributed by atoms with Gasteiger partial charge in [0.15, 0.2) is 0 Å². The number of imidazole rings is 1. The van der Waals surface area contributed by atoms with E-state index >= 15 is 0 Å². The Hall–Kier alpha value is -0.960. The van der Waals surface area contributed by atoms with Gasteiger partial charge in [-0.25, -0.2) is 4.98 Å². The maximum atomic E-state index is 4.23. The molecule has 0 aliphatic rings. The maximum absolute atomic E-state index is 4.23. The molecular formula is C9H9N2S. The summed E-state index contributed by atoms with van der Waals surface area (Å²) in [7, 11) is 0. The summed E-state index contributed by atoms with van der Waals surface area (Å²) in [4.78, 5) is 8.50. The van der Waals surface area contributed by atoms with E-state index in [1.807, 2.05) is 12.1 Å². The van der Waals surface area contributed by atoms with Crippen LogP contribution in [-0.4, -0.2) is 15.7 Å². The average Bonchev–Trinajstić information content (AvgIpc) is 2.53. The molecule has 61 valence electrons. The first kappa shape index (κ1) is 7.68. The second kappa shape index (κ2) is 3.19. The molecule has 12 heavy (non-hydrogen) atoms. The number of hydrogen-bond donors (Lipinski definition) is 1. The van der Waals surface area contributed by atoms with Crippen LogP contribution in [0.3, 0.4) is 0 Å². The van der Waals surface area contributed by atoms with Crippen LogP contribution in [0.4, 0.5) is 0 Å². The molecule has 1 aromatic carbocycles. The number of thioether (sulfide) groups is 1. The molecular weight excluding hydrogens is 168 g/mol. The van der Waals surface area contributed by atoms with E-state index in [0.717, 1.165) is 16.8 Å². The van der Waals surface area contributed by atoms with E-state index in [2.05, 4.69) is 23.0 Å². The van der Waals surface area contributed by atoms with Crippen LogP contribution in [0.1, 0.15) is 0 Å². The smallest absolute Gasteiger partial charge is 0.102 e. The van der Waals surface area contributed by atoms with E-state index < -0.39 is 0 Å². The first-order valence-corrected chi connectivity index (χ1v) is 4.74. The number of nitrogens with one attached hydrogen (secondary N) is 1. The summed E-state index contributed by atoms with van der Waals surface area (Å²) in [5.41, 5.74) is 2.14. The first-order chi connectivity index (χ1) is 5.92. The van der Waals surface area contributed by atoms with Crippen molar-refractivity contribution in [3.05, 3.63) is 31.5 Å². The van der Waals surface area contributed by atoms with Crippen LogP contribution in [0, 0.1) is 6.92 Å². The SMILES string of the molecule is [CH2]CSc1cccc2[nH]cnc12. The van der Waals surface area contributed by atoms with Crippen LogP contribution in [0.5, 0.6) is 0 Å². The van der Waals surface area contributed by atoms with Crippen molar-refractivity contribution in [3.63, 3.8) is 0 Å². The third kappa shape index (κ3) is 1.20. The molecule has 0 atom stereocenters. The van der Waals surface area contributed by atoms with E-state index in [1.165, 1.54) is 4.90 Å². The topological polar surface area (TPSA) is 28.7 Å². The number of benzene rings is 1. The van der Waals surface area contributed by atoms with Crippen molar-refractivity contribution >= 4 is 22.8 Å². The number of nitrogens with zero attached hydrogens (tertiary/aromatic N) is 1. The van der Waals surface area contributed by atoms with Crippen molar-refractivity contribution in [1.82, 2.24) is 9.97 Å². The van der Waals surface area contributed by atoms with Gasteiger partial charge in [-0.1, -0.05) is 6.07 Å². The summed E-state index contributed by atoms with van der Waals surface area (Å²) in [6.45, 7) is 3.80. The van der Waals surface area contributed by atoms with E-state index in [1.54, 1.807) is 18.1 Å². The molecule has 1 heterocycles. The van der Waals surface area contributed by atoms with Gasteiger partial charge in [-0.05, 0) is 24.8 Å². The Morgan fingerprint density at radius 2 is 2.42 bits per heavy atom. The molecule has 3 heteroatoms. The number of aromatic nitrogens is 2. The minimum atomic E-state index is 0.839. The molecule has 0 amide bonds. The van der Waals surface area contributed by atoms with Crippen molar-refractivity contribution in [2.24, 2.45) is 0 Å². The minimum absolute atomic E-state index is 0.839. The molecule has 2 aromatic rings. The molecule has 1 aromatic heterocycles. The molecule has 0 bridgehead atoms. The lowest BCUT2D eigenvalue weighted by Gasteiger charge is -1.97. The van der Waals surface area contributed by atoms with Crippen LogP contribution in [0.2, 0.25) is 0 Å². The molecule has 0 spiro atoms.